The molecule has 3 unspecified atom stereocenters. The zero-order chi connectivity index (χ0) is 13.2. The number of hydrogen-bond donors (Lipinski definition) is 1. The summed E-state index contributed by atoms with van der Waals surface area (Å²) in [6.07, 6.45) is 6.67. The van der Waals surface area contributed by atoms with E-state index in [0.29, 0.717) is 12.1 Å². The quantitative estimate of drug-likeness (QED) is 0.909. The van der Waals surface area contributed by atoms with Crippen LogP contribution in [0.3, 0.4) is 0 Å². The summed E-state index contributed by atoms with van der Waals surface area (Å²) < 4.78 is 0. The molecule has 0 spiro atoms. The Morgan fingerprint density at radius 2 is 2.32 bits per heavy atom. The lowest BCUT2D eigenvalue weighted by Crippen LogP contribution is -2.49. The smallest absolute Gasteiger partial charge is 0.0362 e. The highest BCUT2D eigenvalue weighted by atomic mass is 32.1. The van der Waals surface area contributed by atoms with E-state index in [9.17, 15) is 0 Å². The van der Waals surface area contributed by atoms with Crippen LogP contribution >= 0.6 is 11.3 Å². The normalized spacial score (nSPS) is 32.2. The van der Waals surface area contributed by atoms with Crippen LogP contribution in [0.2, 0.25) is 0 Å². The van der Waals surface area contributed by atoms with Crippen LogP contribution in [0.1, 0.15) is 56.0 Å². The van der Waals surface area contributed by atoms with Gasteiger partial charge >= 0.3 is 0 Å². The molecule has 1 saturated heterocycles. The van der Waals surface area contributed by atoms with E-state index in [-0.39, 0.29) is 0 Å². The van der Waals surface area contributed by atoms with Gasteiger partial charge in [-0.1, -0.05) is 6.92 Å². The van der Waals surface area contributed by atoms with Crippen molar-refractivity contribution in [1.82, 2.24) is 10.2 Å². The number of likely N-dealkylation sites (tertiary alicyclic amines) is 1. The molecule has 2 aliphatic rings. The number of fused-ring (bicyclic) bond motifs is 1. The Bertz CT molecular complexity index is 415. The molecule has 1 aromatic heterocycles. The summed E-state index contributed by atoms with van der Waals surface area (Å²) in [5, 5.41) is 5.92. The highest BCUT2D eigenvalue weighted by Crippen LogP contribution is 2.39. The summed E-state index contributed by atoms with van der Waals surface area (Å²) in [6.45, 7) is 7.01. The second-order valence-electron chi connectivity index (χ2n) is 6.07. The molecule has 0 radical (unpaired) electrons. The fourth-order valence-electron chi connectivity index (χ4n) is 3.93. The Kier molecular flexibility index (Phi) is 4.25. The number of thiophene rings is 1. The van der Waals surface area contributed by atoms with E-state index in [0.717, 1.165) is 12.6 Å². The van der Waals surface area contributed by atoms with Gasteiger partial charge in [-0.25, -0.2) is 0 Å². The van der Waals surface area contributed by atoms with Crippen LogP contribution in [0.25, 0.3) is 0 Å². The third-order valence-electron chi connectivity index (χ3n) is 4.84. The van der Waals surface area contributed by atoms with E-state index in [1.807, 2.05) is 11.3 Å². The van der Waals surface area contributed by atoms with Crippen molar-refractivity contribution in [2.75, 3.05) is 13.1 Å². The molecule has 106 valence electrons. The molecule has 2 heterocycles. The minimum atomic E-state index is 0.701. The molecule has 0 saturated carbocycles. The van der Waals surface area contributed by atoms with E-state index in [4.69, 9.17) is 0 Å². The van der Waals surface area contributed by atoms with Crippen LogP contribution in [-0.2, 0) is 6.42 Å². The first-order valence-electron chi connectivity index (χ1n) is 7.85. The molecule has 1 aromatic rings. The summed E-state index contributed by atoms with van der Waals surface area (Å²) >= 11 is 1.96. The van der Waals surface area contributed by atoms with Crippen molar-refractivity contribution in [1.29, 1.82) is 0 Å². The predicted molar refractivity (Wildman–Crippen MR) is 82.9 cm³/mol. The Morgan fingerprint density at radius 3 is 3.11 bits per heavy atom. The van der Waals surface area contributed by atoms with E-state index in [1.54, 1.807) is 10.4 Å². The van der Waals surface area contributed by atoms with Gasteiger partial charge in [0.2, 0.25) is 0 Å². The van der Waals surface area contributed by atoms with Gasteiger partial charge in [0.05, 0.1) is 0 Å². The van der Waals surface area contributed by atoms with Crippen molar-refractivity contribution in [2.45, 2.75) is 64.1 Å². The summed E-state index contributed by atoms with van der Waals surface area (Å²) in [4.78, 5) is 4.43. The first kappa shape index (κ1) is 13.6. The second kappa shape index (κ2) is 5.94. The fourth-order valence-corrected chi connectivity index (χ4v) is 4.92. The first-order valence-corrected chi connectivity index (χ1v) is 8.73. The van der Waals surface area contributed by atoms with Crippen LogP contribution in [0.15, 0.2) is 11.4 Å². The lowest BCUT2D eigenvalue weighted by molar-refractivity contribution is 0.0789. The van der Waals surface area contributed by atoms with Crippen molar-refractivity contribution in [3.8, 4) is 0 Å². The third kappa shape index (κ3) is 2.74. The Hall–Kier alpha value is -0.380. The van der Waals surface area contributed by atoms with Crippen LogP contribution in [0, 0.1) is 0 Å². The summed E-state index contributed by atoms with van der Waals surface area (Å²) in [6, 6.07) is 4.54. The maximum atomic E-state index is 3.63. The molecule has 0 bridgehead atoms. The molecule has 0 amide bonds. The molecule has 1 fully saturated rings. The van der Waals surface area contributed by atoms with Gasteiger partial charge in [-0.15, -0.1) is 11.3 Å². The third-order valence-corrected chi connectivity index (χ3v) is 5.84. The number of rotatable bonds is 3. The summed E-state index contributed by atoms with van der Waals surface area (Å²) in [7, 11) is 0. The lowest BCUT2D eigenvalue weighted by Gasteiger charge is -2.44. The summed E-state index contributed by atoms with van der Waals surface area (Å²) in [5.41, 5.74) is 1.64. The van der Waals surface area contributed by atoms with Crippen molar-refractivity contribution >= 4 is 11.3 Å². The zero-order valence-electron chi connectivity index (χ0n) is 12.2. The largest absolute Gasteiger partial charge is 0.314 e. The monoisotopic (exact) mass is 278 g/mol. The average Bonchev–Trinajstić information content (AvgIpc) is 2.88. The van der Waals surface area contributed by atoms with Crippen molar-refractivity contribution < 1.29 is 0 Å². The Labute approximate surface area is 121 Å². The molecule has 0 aromatic carbocycles. The van der Waals surface area contributed by atoms with Gasteiger partial charge < -0.3 is 5.32 Å². The first-order chi connectivity index (χ1) is 9.29. The standard InChI is InChI=1S/C16H26N2S/c1-3-17-13-7-9-18(12(2)11-13)15-5-4-6-16-14(15)8-10-19-16/h8,10,12-13,15,17H,3-7,9,11H2,1-2H3. The van der Waals surface area contributed by atoms with Gasteiger partial charge in [0.25, 0.3) is 0 Å². The van der Waals surface area contributed by atoms with Gasteiger partial charge in [0.15, 0.2) is 0 Å². The van der Waals surface area contributed by atoms with Crippen LogP contribution in [0.4, 0.5) is 0 Å². The van der Waals surface area contributed by atoms with Gasteiger partial charge in [-0.3, -0.25) is 4.90 Å². The topological polar surface area (TPSA) is 15.3 Å². The molecule has 1 aliphatic heterocycles. The SMILES string of the molecule is CCNC1CCN(C2CCCc3sccc32)C(C)C1. The minimum absolute atomic E-state index is 0.701. The molecule has 3 rings (SSSR count). The highest BCUT2D eigenvalue weighted by Gasteiger charge is 2.33. The second-order valence-corrected chi connectivity index (χ2v) is 7.07. The van der Waals surface area contributed by atoms with E-state index in [2.05, 4.69) is 35.5 Å². The van der Waals surface area contributed by atoms with E-state index < -0.39 is 0 Å². The predicted octanol–water partition coefficient (Wildman–Crippen LogP) is 3.59. The van der Waals surface area contributed by atoms with Crippen molar-refractivity contribution in [3.05, 3.63) is 21.9 Å². The van der Waals surface area contributed by atoms with Gasteiger partial charge in [-0.2, -0.15) is 0 Å². The molecule has 2 nitrogen and oxygen atoms in total. The van der Waals surface area contributed by atoms with Crippen molar-refractivity contribution in [2.24, 2.45) is 0 Å². The van der Waals surface area contributed by atoms with E-state index in [1.165, 1.54) is 38.6 Å². The Balaban J connectivity index is 1.71. The fraction of sp³-hybridized carbons (Fsp3) is 0.750. The van der Waals surface area contributed by atoms with Gasteiger partial charge in [-0.05, 0) is 62.6 Å². The number of aryl methyl sites for hydroxylation is 1. The molecule has 3 heteroatoms. The molecular formula is C16H26N2S. The number of nitrogens with zero attached hydrogens (tertiary/aromatic N) is 1. The Morgan fingerprint density at radius 1 is 1.42 bits per heavy atom. The van der Waals surface area contributed by atoms with Crippen LogP contribution in [-0.4, -0.2) is 30.1 Å². The molecule has 1 aliphatic carbocycles. The van der Waals surface area contributed by atoms with Crippen molar-refractivity contribution in [3.63, 3.8) is 0 Å². The van der Waals surface area contributed by atoms with E-state index >= 15 is 0 Å². The zero-order valence-corrected chi connectivity index (χ0v) is 13.0. The van der Waals surface area contributed by atoms with Crippen LogP contribution in [0.5, 0.6) is 0 Å². The average molecular weight is 278 g/mol. The summed E-state index contributed by atoms with van der Waals surface area (Å²) in [5.74, 6) is 0. The van der Waals surface area contributed by atoms with Crippen LogP contribution < -0.4 is 5.32 Å². The number of nitrogens with one attached hydrogen (secondary N) is 1. The lowest BCUT2D eigenvalue weighted by atomic mass is 9.88. The maximum absolute atomic E-state index is 3.63. The maximum Gasteiger partial charge on any atom is 0.0362 e. The van der Waals surface area contributed by atoms with Gasteiger partial charge in [0, 0.05) is 29.5 Å². The molecular weight excluding hydrogens is 252 g/mol. The van der Waals surface area contributed by atoms with Gasteiger partial charge in [0.1, 0.15) is 0 Å². The molecule has 1 N–H and O–H groups in total. The molecule has 3 atom stereocenters. The molecule has 19 heavy (non-hydrogen) atoms. The highest BCUT2D eigenvalue weighted by molar-refractivity contribution is 7.10. The minimum Gasteiger partial charge on any atom is -0.314 e. The number of hydrogen-bond acceptors (Lipinski definition) is 3. The number of piperidine rings is 1.